The highest BCUT2D eigenvalue weighted by atomic mass is 19.1. The molecule has 21 heavy (non-hydrogen) atoms. The molecule has 0 spiro atoms. The second-order valence-electron chi connectivity index (χ2n) is 4.89. The third-order valence-electron chi connectivity index (χ3n) is 3.42. The number of hydrogen-bond acceptors (Lipinski definition) is 4. The quantitative estimate of drug-likeness (QED) is 0.942. The first kappa shape index (κ1) is 13.5. The lowest BCUT2D eigenvalue weighted by molar-refractivity contribution is 0.0787. The van der Waals surface area contributed by atoms with E-state index >= 15 is 0 Å². The van der Waals surface area contributed by atoms with E-state index in [-0.39, 0.29) is 11.7 Å². The zero-order valence-electron chi connectivity index (χ0n) is 11.4. The third kappa shape index (κ3) is 2.99. The Bertz CT molecular complexity index is 656. The molecule has 5 nitrogen and oxygen atoms in total. The molecule has 0 radical (unpaired) electrons. The van der Waals surface area contributed by atoms with Crippen LogP contribution < -0.4 is 5.32 Å². The normalized spacial score (nSPS) is 14.2. The van der Waals surface area contributed by atoms with Gasteiger partial charge in [-0.25, -0.2) is 14.4 Å². The summed E-state index contributed by atoms with van der Waals surface area (Å²) in [5.74, 6) is -0.0762. The highest BCUT2D eigenvalue weighted by Crippen LogP contribution is 2.19. The number of benzene rings is 1. The maximum Gasteiger partial charge on any atom is 0.272 e. The van der Waals surface area contributed by atoms with Crippen molar-refractivity contribution in [1.29, 1.82) is 0 Å². The van der Waals surface area contributed by atoms with E-state index in [9.17, 15) is 9.18 Å². The minimum Gasteiger partial charge on any atom is -0.338 e. The van der Waals surface area contributed by atoms with E-state index in [2.05, 4.69) is 15.3 Å². The number of aromatic nitrogens is 2. The first-order valence-electron chi connectivity index (χ1n) is 6.87. The molecule has 0 atom stereocenters. The van der Waals surface area contributed by atoms with Gasteiger partial charge >= 0.3 is 0 Å². The van der Waals surface area contributed by atoms with Crippen LogP contribution in [0.4, 0.5) is 15.9 Å². The molecule has 0 saturated carbocycles. The SMILES string of the molecule is O=C(c1cc(Nc2ccccc2F)ncn1)N1CCCC1. The summed E-state index contributed by atoms with van der Waals surface area (Å²) >= 11 is 0. The summed E-state index contributed by atoms with van der Waals surface area (Å²) in [6, 6.07) is 7.86. The van der Waals surface area contributed by atoms with Gasteiger partial charge in [0.2, 0.25) is 0 Å². The molecule has 1 saturated heterocycles. The van der Waals surface area contributed by atoms with Gasteiger partial charge in [-0.1, -0.05) is 12.1 Å². The van der Waals surface area contributed by atoms with E-state index in [0.717, 1.165) is 25.9 Å². The number of para-hydroxylation sites is 1. The molecular formula is C15H15FN4O. The maximum absolute atomic E-state index is 13.6. The summed E-state index contributed by atoms with van der Waals surface area (Å²) in [5, 5.41) is 2.86. The van der Waals surface area contributed by atoms with Gasteiger partial charge in [-0.05, 0) is 25.0 Å². The van der Waals surface area contributed by atoms with Crippen LogP contribution in [0.25, 0.3) is 0 Å². The van der Waals surface area contributed by atoms with Crippen LogP contribution in [0.2, 0.25) is 0 Å². The Balaban J connectivity index is 1.80. The molecule has 1 N–H and O–H groups in total. The molecule has 1 aliphatic heterocycles. The molecule has 1 aromatic carbocycles. The number of anilines is 2. The number of nitrogens with one attached hydrogen (secondary N) is 1. The lowest BCUT2D eigenvalue weighted by Gasteiger charge is -2.14. The summed E-state index contributed by atoms with van der Waals surface area (Å²) in [7, 11) is 0. The Morgan fingerprint density at radius 3 is 2.71 bits per heavy atom. The average molecular weight is 286 g/mol. The fourth-order valence-electron chi connectivity index (χ4n) is 2.33. The van der Waals surface area contributed by atoms with Crippen LogP contribution in [0, 0.1) is 5.82 Å². The van der Waals surface area contributed by atoms with Crippen molar-refractivity contribution in [2.24, 2.45) is 0 Å². The topological polar surface area (TPSA) is 58.1 Å². The van der Waals surface area contributed by atoms with E-state index in [4.69, 9.17) is 0 Å². The molecule has 0 unspecified atom stereocenters. The molecule has 2 aromatic rings. The van der Waals surface area contributed by atoms with Gasteiger partial charge in [0, 0.05) is 19.2 Å². The van der Waals surface area contributed by atoms with Crippen molar-refractivity contribution >= 4 is 17.4 Å². The van der Waals surface area contributed by atoms with Gasteiger partial charge in [-0.2, -0.15) is 0 Å². The smallest absolute Gasteiger partial charge is 0.272 e. The van der Waals surface area contributed by atoms with Crippen LogP contribution in [-0.2, 0) is 0 Å². The van der Waals surface area contributed by atoms with Gasteiger partial charge in [0.05, 0.1) is 5.69 Å². The lowest BCUT2D eigenvalue weighted by Crippen LogP contribution is -2.28. The van der Waals surface area contributed by atoms with Crippen molar-refractivity contribution in [2.45, 2.75) is 12.8 Å². The van der Waals surface area contributed by atoms with E-state index < -0.39 is 0 Å². The summed E-state index contributed by atoms with van der Waals surface area (Å²) in [6.45, 7) is 1.53. The van der Waals surface area contributed by atoms with Gasteiger partial charge in [0.25, 0.3) is 5.91 Å². The fraction of sp³-hybridized carbons (Fsp3) is 0.267. The molecule has 0 aliphatic carbocycles. The molecular weight excluding hydrogens is 271 g/mol. The Labute approximate surface area is 121 Å². The number of rotatable bonds is 3. The minimum atomic E-state index is -0.372. The number of carbonyl (C=O) groups is 1. The summed E-state index contributed by atoms with van der Waals surface area (Å²) in [5.41, 5.74) is 0.640. The van der Waals surface area contributed by atoms with Gasteiger partial charge in [-0.15, -0.1) is 0 Å². The van der Waals surface area contributed by atoms with Crippen LogP contribution in [0.5, 0.6) is 0 Å². The Morgan fingerprint density at radius 2 is 1.95 bits per heavy atom. The van der Waals surface area contributed by atoms with Gasteiger partial charge in [-0.3, -0.25) is 4.79 Å². The number of nitrogens with zero attached hydrogens (tertiary/aromatic N) is 3. The lowest BCUT2D eigenvalue weighted by atomic mass is 10.3. The molecule has 1 fully saturated rings. The molecule has 108 valence electrons. The number of hydrogen-bond donors (Lipinski definition) is 1. The number of halogens is 1. The molecule has 1 amide bonds. The molecule has 1 aliphatic rings. The van der Waals surface area contributed by atoms with E-state index in [0.29, 0.717) is 17.2 Å². The zero-order valence-corrected chi connectivity index (χ0v) is 11.4. The average Bonchev–Trinajstić information content (AvgIpc) is 3.03. The van der Waals surface area contributed by atoms with E-state index in [1.165, 1.54) is 12.4 Å². The number of likely N-dealkylation sites (tertiary alicyclic amines) is 1. The molecule has 3 rings (SSSR count). The highest BCUT2D eigenvalue weighted by Gasteiger charge is 2.20. The Kier molecular flexibility index (Phi) is 3.77. The number of carbonyl (C=O) groups excluding carboxylic acids is 1. The predicted octanol–water partition coefficient (Wildman–Crippen LogP) is 2.60. The highest BCUT2D eigenvalue weighted by molar-refractivity contribution is 5.93. The van der Waals surface area contributed by atoms with Crippen molar-refractivity contribution in [3.05, 3.63) is 48.2 Å². The fourth-order valence-corrected chi connectivity index (χ4v) is 2.33. The van der Waals surface area contributed by atoms with Crippen LogP contribution in [0.3, 0.4) is 0 Å². The molecule has 0 bridgehead atoms. The van der Waals surface area contributed by atoms with Crippen LogP contribution >= 0.6 is 0 Å². The monoisotopic (exact) mass is 286 g/mol. The van der Waals surface area contributed by atoms with E-state index in [1.54, 1.807) is 29.2 Å². The summed E-state index contributed by atoms with van der Waals surface area (Å²) < 4.78 is 13.6. The van der Waals surface area contributed by atoms with Gasteiger partial charge in [0.1, 0.15) is 23.7 Å². The largest absolute Gasteiger partial charge is 0.338 e. The Hall–Kier alpha value is -2.50. The van der Waals surface area contributed by atoms with Crippen molar-refractivity contribution < 1.29 is 9.18 Å². The van der Waals surface area contributed by atoms with Gasteiger partial charge in [0.15, 0.2) is 0 Å². The van der Waals surface area contributed by atoms with Crippen LogP contribution in [-0.4, -0.2) is 33.9 Å². The number of amides is 1. The van der Waals surface area contributed by atoms with Crippen molar-refractivity contribution in [3.8, 4) is 0 Å². The molecule has 2 heterocycles. The predicted molar refractivity (Wildman–Crippen MR) is 76.9 cm³/mol. The van der Waals surface area contributed by atoms with Crippen LogP contribution in [0.15, 0.2) is 36.7 Å². The van der Waals surface area contributed by atoms with E-state index in [1.807, 2.05) is 0 Å². The molecule has 1 aromatic heterocycles. The third-order valence-corrected chi connectivity index (χ3v) is 3.42. The minimum absolute atomic E-state index is 0.105. The van der Waals surface area contributed by atoms with Crippen molar-refractivity contribution in [2.75, 3.05) is 18.4 Å². The maximum atomic E-state index is 13.6. The van der Waals surface area contributed by atoms with Gasteiger partial charge < -0.3 is 10.2 Å². The Morgan fingerprint density at radius 1 is 1.19 bits per heavy atom. The summed E-state index contributed by atoms with van der Waals surface area (Å²) in [6.07, 6.45) is 3.36. The first-order valence-corrected chi connectivity index (χ1v) is 6.87. The van der Waals surface area contributed by atoms with Crippen LogP contribution in [0.1, 0.15) is 23.3 Å². The molecule has 6 heteroatoms. The van der Waals surface area contributed by atoms with Crippen molar-refractivity contribution in [1.82, 2.24) is 14.9 Å². The zero-order chi connectivity index (χ0) is 14.7. The van der Waals surface area contributed by atoms with Crippen molar-refractivity contribution in [3.63, 3.8) is 0 Å². The first-order chi connectivity index (χ1) is 10.2. The second-order valence-corrected chi connectivity index (χ2v) is 4.89. The summed E-state index contributed by atoms with van der Waals surface area (Å²) in [4.78, 5) is 22.1. The second kappa shape index (κ2) is 5.87. The standard InChI is InChI=1S/C15H15FN4O/c16-11-5-1-2-6-12(11)19-14-9-13(17-10-18-14)15(21)20-7-3-4-8-20/h1-2,5-6,9-10H,3-4,7-8H2,(H,17,18,19).